The monoisotopic (exact) mass is 956 g/mol. The van der Waals surface area contributed by atoms with E-state index in [-0.39, 0.29) is 31.9 Å². The van der Waals surface area contributed by atoms with Gasteiger partial charge in [-0.2, -0.15) is 0 Å². The summed E-state index contributed by atoms with van der Waals surface area (Å²) >= 11 is 0. The Labute approximate surface area is 360 Å². The number of pyridine rings is 2. The second kappa shape index (κ2) is 16.8. The van der Waals surface area contributed by atoms with Crippen molar-refractivity contribution >= 4 is 46.2 Å². The molecule has 0 saturated heterocycles. The van der Waals surface area contributed by atoms with Crippen molar-refractivity contribution in [2.24, 2.45) is 0 Å². The van der Waals surface area contributed by atoms with Crippen molar-refractivity contribution in [2.45, 2.75) is 66.0 Å². The number of aryl methyl sites for hydroxylation is 1. The Bertz CT molecular complexity index is 2870. The van der Waals surface area contributed by atoms with E-state index in [0.29, 0.717) is 5.56 Å². The van der Waals surface area contributed by atoms with Gasteiger partial charge in [-0.05, 0) is 69.2 Å². The molecule has 0 fully saturated rings. The van der Waals surface area contributed by atoms with Gasteiger partial charge in [0, 0.05) is 47.7 Å². The molecule has 58 heavy (non-hydrogen) atoms. The van der Waals surface area contributed by atoms with E-state index >= 15 is 0 Å². The quantitative estimate of drug-likeness (QED) is 0.118. The molecule has 9 aromatic rings. The molecule has 4 heterocycles. The molecule has 0 aliphatic carbocycles. The molecule has 5 nitrogen and oxygen atoms in total. The van der Waals surface area contributed by atoms with E-state index in [1.807, 2.05) is 48.9 Å². The third-order valence-corrected chi connectivity index (χ3v) is 12.5. The molecule has 5 aromatic carbocycles. The summed E-state index contributed by atoms with van der Waals surface area (Å²) in [6.45, 7) is 13.8. The van der Waals surface area contributed by atoms with Gasteiger partial charge in [-0.15, -0.1) is 53.6 Å². The van der Waals surface area contributed by atoms with Crippen LogP contribution in [0, 0.1) is 19.0 Å². The van der Waals surface area contributed by atoms with Crippen molar-refractivity contribution in [1.82, 2.24) is 19.5 Å². The molecule has 4 aromatic heterocycles. The number of imidazole rings is 1. The van der Waals surface area contributed by atoms with E-state index in [1.54, 1.807) is 12.1 Å². The van der Waals surface area contributed by atoms with Crippen LogP contribution in [0.2, 0.25) is 19.6 Å². The first-order valence-electron chi connectivity index (χ1n) is 21.1. The van der Waals surface area contributed by atoms with Gasteiger partial charge in [0.25, 0.3) is 0 Å². The number of nitrogens with zero attached hydrogens (tertiary/aromatic N) is 4. The van der Waals surface area contributed by atoms with Gasteiger partial charge < -0.3 is 14.0 Å². The molecular formula is C51H48IrN4OSi-2. The number of fused-ring (bicyclic) bond motifs is 4. The van der Waals surface area contributed by atoms with Crippen LogP contribution in [-0.2, 0) is 20.1 Å². The fraction of sp³-hybridized carbons (Fsp3) is 0.196. The summed E-state index contributed by atoms with van der Waals surface area (Å²) in [4.78, 5) is 14.1. The SMILES string of the molecule is CC(C)c1cc(-c2ccccc2)cc(C(C)C)c1-n1c(-c2[c-]ccc3c2oc2ccccc23)nc2cnccc21.[2H]C([2H])([2H])c1c[c-]c(-c2ccc([Si](C)(C)C)cn2)cc1.[Ir]. The average Bonchev–Trinajstić information content (AvgIpc) is 3.82. The Hall–Kier alpha value is -5.46. The Balaban J connectivity index is 0.000000226. The molecule has 0 spiro atoms. The van der Waals surface area contributed by atoms with E-state index in [2.05, 4.69) is 141 Å². The molecule has 0 aliphatic heterocycles. The van der Waals surface area contributed by atoms with Gasteiger partial charge in [0.2, 0.25) is 0 Å². The van der Waals surface area contributed by atoms with Crippen molar-refractivity contribution in [3.8, 4) is 39.5 Å². The molecule has 7 heteroatoms. The predicted molar refractivity (Wildman–Crippen MR) is 240 cm³/mol. The number of furan rings is 1. The average molecular weight is 956 g/mol. The van der Waals surface area contributed by atoms with Gasteiger partial charge in [0.1, 0.15) is 5.58 Å². The van der Waals surface area contributed by atoms with E-state index in [9.17, 15) is 0 Å². The van der Waals surface area contributed by atoms with Gasteiger partial charge in [-0.1, -0.05) is 126 Å². The van der Waals surface area contributed by atoms with Crippen LogP contribution >= 0.6 is 0 Å². The fourth-order valence-corrected chi connectivity index (χ4v) is 8.41. The van der Waals surface area contributed by atoms with Crippen molar-refractivity contribution < 1.29 is 28.6 Å². The predicted octanol–water partition coefficient (Wildman–Crippen LogP) is 13.1. The van der Waals surface area contributed by atoms with Crippen molar-refractivity contribution in [3.63, 3.8) is 0 Å². The molecule has 0 amide bonds. The summed E-state index contributed by atoms with van der Waals surface area (Å²) in [7, 11) is -1.34. The van der Waals surface area contributed by atoms with Crippen LogP contribution in [0.5, 0.6) is 0 Å². The normalized spacial score (nSPS) is 12.6. The Morgan fingerprint density at radius 3 is 2.16 bits per heavy atom. The van der Waals surface area contributed by atoms with Gasteiger partial charge >= 0.3 is 0 Å². The largest absolute Gasteiger partial charge is 0.501 e. The van der Waals surface area contributed by atoms with E-state index in [4.69, 9.17) is 13.5 Å². The molecule has 293 valence electrons. The van der Waals surface area contributed by atoms with Gasteiger partial charge in [0.15, 0.2) is 0 Å². The summed E-state index contributed by atoms with van der Waals surface area (Å²) < 4.78 is 30.8. The molecule has 0 unspecified atom stereocenters. The third-order valence-electron chi connectivity index (χ3n) is 10.5. The first-order valence-corrected chi connectivity index (χ1v) is 23.1. The topological polar surface area (TPSA) is 56.7 Å². The second-order valence-corrected chi connectivity index (χ2v) is 21.3. The molecular weight excluding hydrogens is 905 g/mol. The Morgan fingerprint density at radius 2 is 1.50 bits per heavy atom. The zero-order valence-electron chi connectivity index (χ0n) is 36.9. The maximum Gasteiger partial charge on any atom is 0.120 e. The van der Waals surface area contributed by atoms with Crippen molar-refractivity contribution in [2.75, 3.05) is 0 Å². The number of hydrogen-bond acceptors (Lipinski definition) is 4. The third kappa shape index (κ3) is 8.00. The van der Waals surface area contributed by atoms with Crippen LogP contribution in [0.3, 0.4) is 0 Å². The number of rotatable bonds is 7. The van der Waals surface area contributed by atoms with E-state index in [1.165, 1.54) is 39.2 Å². The van der Waals surface area contributed by atoms with E-state index < -0.39 is 14.9 Å². The first-order chi connectivity index (χ1) is 28.7. The molecule has 0 aliphatic rings. The summed E-state index contributed by atoms with van der Waals surface area (Å²) in [5.74, 6) is 1.38. The van der Waals surface area contributed by atoms with Gasteiger partial charge in [0.05, 0.1) is 36.7 Å². The van der Waals surface area contributed by atoms with Gasteiger partial charge in [-0.3, -0.25) is 9.97 Å². The summed E-state index contributed by atoms with van der Waals surface area (Å²) in [5.41, 5.74) is 12.5. The zero-order chi connectivity index (χ0) is 42.3. The molecule has 0 saturated carbocycles. The number of aromatic nitrogens is 4. The van der Waals surface area contributed by atoms with Crippen LogP contribution in [0.4, 0.5) is 0 Å². The second-order valence-electron chi connectivity index (χ2n) is 16.2. The van der Waals surface area contributed by atoms with Crippen LogP contribution in [-0.4, -0.2) is 27.6 Å². The standard InChI is InChI=1S/C36H30N3O.C15H18NSi.Ir/c1-22(2)29-19-25(24-11-6-5-7-12-24)20-30(23(3)4)34(29)39-32-17-18-37-21-31(32)38-36(39)28-15-10-14-27-26-13-8-9-16-33(26)40-35(27)28;1-12-5-7-13(8-6-12)15-10-9-14(11-16-15)17(2,3)4;/h5-14,16-23H,1-4H3;5-7,9-11H,1-4H3;/q2*-1;/i;1D3;. The molecule has 0 atom stereocenters. The maximum atomic E-state index is 7.35. The van der Waals surface area contributed by atoms with Crippen LogP contribution < -0.4 is 5.19 Å². The Morgan fingerprint density at radius 1 is 0.759 bits per heavy atom. The molecule has 0 N–H and O–H groups in total. The zero-order valence-corrected chi connectivity index (χ0v) is 37.3. The number of hydrogen-bond donors (Lipinski definition) is 0. The smallest absolute Gasteiger partial charge is 0.120 e. The van der Waals surface area contributed by atoms with E-state index in [0.717, 1.165) is 55.6 Å². The molecule has 9 rings (SSSR count). The van der Waals surface area contributed by atoms with Crippen LogP contribution in [0.1, 0.15) is 60.3 Å². The number of para-hydroxylation sites is 1. The minimum absolute atomic E-state index is 0. The minimum Gasteiger partial charge on any atom is -0.501 e. The van der Waals surface area contributed by atoms with Crippen molar-refractivity contribution in [3.05, 3.63) is 163 Å². The molecule has 1 radical (unpaired) electrons. The van der Waals surface area contributed by atoms with Gasteiger partial charge in [-0.25, -0.2) is 0 Å². The number of benzene rings is 5. The van der Waals surface area contributed by atoms with Crippen LogP contribution in [0.15, 0.2) is 138 Å². The summed E-state index contributed by atoms with van der Waals surface area (Å²) in [6.07, 6.45) is 5.61. The minimum atomic E-state index is -2.08. The first kappa shape index (κ1) is 36.8. The Kier molecular flexibility index (Phi) is 10.7. The maximum absolute atomic E-state index is 7.35. The van der Waals surface area contributed by atoms with Crippen molar-refractivity contribution in [1.29, 1.82) is 0 Å². The fourth-order valence-electron chi connectivity index (χ4n) is 7.38. The summed E-state index contributed by atoms with van der Waals surface area (Å²) in [6, 6.07) is 45.1. The summed E-state index contributed by atoms with van der Waals surface area (Å²) in [5, 5.41) is 3.46. The van der Waals surface area contributed by atoms with Crippen LogP contribution in [0.25, 0.3) is 72.4 Å². The molecule has 0 bridgehead atoms.